The molecule has 1 amide bonds. The minimum absolute atomic E-state index is 0.126. The minimum atomic E-state index is -0.294. The molecule has 0 atom stereocenters. The second kappa shape index (κ2) is 7.09. The first-order valence-electron chi connectivity index (χ1n) is 6.29. The van der Waals surface area contributed by atoms with Crippen molar-refractivity contribution in [3.63, 3.8) is 0 Å². The van der Waals surface area contributed by atoms with Gasteiger partial charge in [0, 0.05) is 16.0 Å². The van der Waals surface area contributed by atoms with Gasteiger partial charge in [0.25, 0.3) is 0 Å². The van der Waals surface area contributed by atoms with Crippen LogP contribution >= 0.6 is 34.5 Å². The molecule has 0 saturated heterocycles. The van der Waals surface area contributed by atoms with Crippen molar-refractivity contribution in [1.82, 2.24) is 10.4 Å². The lowest BCUT2D eigenvalue weighted by molar-refractivity contribution is -0.120. The minimum Gasteiger partial charge on any atom is -0.506 e. The molecule has 0 aliphatic rings. The van der Waals surface area contributed by atoms with Crippen molar-refractivity contribution in [3.8, 4) is 5.75 Å². The quantitative estimate of drug-likeness (QED) is 0.648. The van der Waals surface area contributed by atoms with Crippen molar-refractivity contribution in [2.75, 3.05) is 0 Å². The zero-order valence-electron chi connectivity index (χ0n) is 11.9. The third kappa shape index (κ3) is 4.19. The summed E-state index contributed by atoms with van der Waals surface area (Å²) in [6.07, 6.45) is 0.142. The molecule has 2 rings (SSSR count). The van der Waals surface area contributed by atoms with Crippen LogP contribution in [0.25, 0.3) is 0 Å². The summed E-state index contributed by atoms with van der Waals surface area (Å²) in [6.45, 7) is 3.51. The number of phenols is 1. The van der Waals surface area contributed by atoms with Crippen LogP contribution in [0.2, 0.25) is 10.0 Å². The van der Waals surface area contributed by atoms with Gasteiger partial charge in [-0.3, -0.25) is 4.79 Å². The lowest BCUT2D eigenvalue weighted by Crippen LogP contribution is -2.21. The van der Waals surface area contributed by atoms with Gasteiger partial charge in [-0.2, -0.15) is 5.10 Å². The first-order valence-corrected chi connectivity index (χ1v) is 7.93. The molecule has 2 aromatic rings. The second-order valence-electron chi connectivity index (χ2n) is 4.55. The molecule has 2 N–H and O–H groups in total. The Morgan fingerprint density at radius 3 is 2.82 bits per heavy atom. The summed E-state index contributed by atoms with van der Waals surface area (Å²) in [5, 5.41) is 17.1. The number of rotatable bonds is 4. The highest BCUT2D eigenvalue weighted by molar-refractivity contribution is 7.09. The second-order valence-corrected chi connectivity index (χ2v) is 6.46. The Kier molecular flexibility index (Phi) is 5.39. The van der Waals surface area contributed by atoms with E-state index in [1.807, 2.05) is 12.3 Å². The summed E-state index contributed by atoms with van der Waals surface area (Å²) in [7, 11) is 0. The Labute approximate surface area is 141 Å². The van der Waals surface area contributed by atoms with Crippen molar-refractivity contribution >= 4 is 46.2 Å². The van der Waals surface area contributed by atoms with Gasteiger partial charge in [-0.05, 0) is 26.0 Å². The summed E-state index contributed by atoms with van der Waals surface area (Å²) in [4.78, 5) is 16.0. The smallest absolute Gasteiger partial charge is 0.246 e. The molecule has 1 heterocycles. The molecule has 0 aliphatic carbocycles. The summed E-state index contributed by atoms with van der Waals surface area (Å²) in [5.41, 5.74) is 3.87. The van der Waals surface area contributed by atoms with Crippen molar-refractivity contribution in [1.29, 1.82) is 0 Å². The van der Waals surface area contributed by atoms with Crippen molar-refractivity contribution in [2.45, 2.75) is 20.3 Å². The van der Waals surface area contributed by atoms with Gasteiger partial charge in [-0.15, -0.1) is 11.3 Å². The van der Waals surface area contributed by atoms with Crippen molar-refractivity contribution in [2.24, 2.45) is 5.10 Å². The molecule has 0 fully saturated rings. The first-order chi connectivity index (χ1) is 10.4. The Morgan fingerprint density at radius 2 is 2.18 bits per heavy atom. The molecule has 0 bridgehead atoms. The molecule has 5 nitrogen and oxygen atoms in total. The average molecular weight is 358 g/mol. The number of carbonyl (C=O) groups is 1. The fraction of sp³-hybridized carbons (Fsp3) is 0.214. The number of carbonyl (C=O) groups excluding carboxylic acids is 1. The Morgan fingerprint density at radius 1 is 1.45 bits per heavy atom. The summed E-state index contributed by atoms with van der Waals surface area (Å²) >= 11 is 13.2. The number of phenolic OH excluding ortho intramolecular Hbond substituents is 1. The van der Waals surface area contributed by atoms with Crippen LogP contribution in [0.5, 0.6) is 5.75 Å². The normalized spacial score (nSPS) is 11.5. The highest BCUT2D eigenvalue weighted by atomic mass is 35.5. The lowest BCUT2D eigenvalue weighted by atomic mass is 10.1. The number of nitrogens with zero attached hydrogens (tertiary/aromatic N) is 2. The molecule has 0 radical (unpaired) electrons. The number of aromatic hydroxyl groups is 1. The number of aromatic nitrogens is 1. The number of nitrogens with one attached hydrogen (secondary N) is 1. The van der Waals surface area contributed by atoms with E-state index in [0.29, 0.717) is 22.0 Å². The zero-order valence-corrected chi connectivity index (χ0v) is 14.2. The van der Waals surface area contributed by atoms with Crippen molar-refractivity contribution in [3.05, 3.63) is 43.8 Å². The van der Waals surface area contributed by atoms with E-state index in [1.165, 1.54) is 23.5 Å². The van der Waals surface area contributed by atoms with E-state index >= 15 is 0 Å². The molecule has 0 unspecified atom stereocenters. The van der Waals surface area contributed by atoms with E-state index in [-0.39, 0.29) is 23.1 Å². The molecule has 116 valence electrons. The SMILES string of the molecule is CC(=NNC(=O)Cc1csc(C)n1)c1cc(Cl)cc(Cl)c1O. The predicted molar refractivity (Wildman–Crippen MR) is 89.0 cm³/mol. The molecule has 1 aromatic carbocycles. The van der Waals surface area contributed by atoms with Gasteiger partial charge in [0.2, 0.25) is 5.91 Å². The van der Waals surface area contributed by atoms with E-state index < -0.39 is 0 Å². The maximum atomic E-state index is 11.8. The van der Waals surface area contributed by atoms with Gasteiger partial charge >= 0.3 is 0 Å². The van der Waals surface area contributed by atoms with Crippen LogP contribution in [0, 0.1) is 6.92 Å². The first kappa shape index (κ1) is 16.7. The van der Waals surface area contributed by atoms with Gasteiger partial charge in [0.15, 0.2) is 0 Å². The number of amides is 1. The topological polar surface area (TPSA) is 74.6 Å². The van der Waals surface area contributed by atoms with Crippen LogP contribution in [-0.2, 0) is 11.2 Å². The van der Waals surface area contributed by atoms with E-state index in [0.717, 1.165) is 5.01 Å². The van der Waals surface area contributed by atoms with E-state index in [9.17, 15) is 9.90 Å². The lowest BCUT2D eigenvalue weighted by Gasteiger charge is -2.07. The molecule has 22 heavy (non-hydrogen) atoms. The average Bonchev–Trinajstić information content (AvgIpc) is 2.85. The van der Waals surface area contributed by atoms with E-state index in [1.54, 1.807) is 6.92 Å². The number of hydrazone groups is 1. The van der Waals surface area contributed by atoms with Gasteiger partial charge in [-0.1, -0.05) is 23.2 Å². The van der Waals surface area contributed by atoms with Crippen LogP contribution in [0.15, 0.2) is 22.6 Å². The van der Waals surface area contributed by atoms with Crippen LogP contribution in [-0.4, -0.2) is 21.7 Å². The standard InChI is InChI=1S/C14H13Cl2N3O2S/c1-7(11-3-9(15)4-12(16)14(11)21)18-19-13(20)5-10-6-22-8(2)17-10/h3-4,6,21H,5H2,1-2H3,(H,19,20). The Hall–Kier alpha value is -1.63. The summed E-state index contributed by atoms with van der Waals surface area (Å²) < 4.78 is 0. The van der Waals surface area contributed by atoms with E-state index in [4.69, 9.17) is 23.2 Å². The number of aryl methyl sites for hydroxylation is 1. The third-order valence-corrected chi connectivity index (χ3v) is 4.10. The van der Waals surface area contributed by atoms with Crippen LogP contribution in [0.3, 0.4) is 0 Å². The molecular weight excluding hydrogens is 345 g/mol. The maximum Gasteiger partial charge on any atom is 0.246 e. The Bertz CT molecular complexity index is 744. The van der Waals surface area contributed by atoms with Crippen LogP contribution in [0.1, 0.15) is 23.2 Å². The van der Waals surface area contributed by atoms with Crippen LogP contribution in [0.4, 0.5) is 0 Å². The highest BCUT2D eigenvalue weighted by Gasteiger charge is 2.11. The number of thiazole rings is 1. The number of benzene rings is 1. The van der Waals surface area contributed by atoms with Gasteiger partial charge < -0.3 is 5.11 Å². The number of hydrogen-bond acceptors (Lipinski definition) is 5. The highest BCUT2D eigenvalue weighted by Crippen LogP contribution is 2.31. The maximum absolute atomic E-state index is 11.8. The summed E-state index contributed by atoms with van der Waals surface area (Å²) in [6, 6.07) is 2.95. The fourth-order valence-electron chi connectivity index (χ4n) is 1.74. The summed E-state index contributed by atoms with van der Waals surface area (Å²) in [5.74, 6) is -0.422. The Balaban J connectivity index is 2.08. The molecule has 0 aliphatic heterocycles. The molecule has 0 spiro atoms. The largest absolute Gasteiger partial charge is 0.506 e. The molecule has 0 saturated carbocycles. The van der Waals surface area contributed by atoms with Crippen LogP contribution < -0.4 is 5.43 Å². The van der Waals surface area contributed by atoms with E-state index in [2.05, 4.69) is 15.5 Å². The fourth-order valence-corrected chi connectivity index (χ4v) is 2.85. The third-order valence-electron chi connectivity index (χ3n) is 2.77. The zero-order chi connectivity index (χ0) is 16.3. The van der Waals surface area contributed by atoms with Gasteiger partial charge in [-0.25, -0.2) is 10.4 Å². The number of hydrogen-bond donors (Lipinski definition) is 2. The number of halogens is 2. The van der Waals surface area contributed by atoms with Gasteiger partial charge in [0.1, 0.15) is 5.75 Å². The molecule has 8 heteroatoms. The van der Waals surface area contributed by atoms with Crippen molar-refractivity contribution < 1.29 is 9.90 Å². The monoisotopic (exact) mass is 357 g/mol. The predicted octanol–water partition coefficient (Wildman–Crippen LogP) is 3.55. The van der Waals surface area contributed by atoms with Gasteiger partial charge in [0.05, 0.1) is 27.9 Å². The molecule has 1 aromatic heterocycles. The molecular formula is C14H13Cl2N3O2S.